The van der Waals surface area contributed by atoms with Crippen LogP contribution in [-0.2, 0) is 6.61 Å². The zero-order valence-corrected chi connectivity index (χ0v) is 9.30. The lowest BCUT2D eigenvalue weighted by Crippen LogP contribution is -1.87. The SMILES string of the molecule is OCc1ccc(C=CCCBr)c(F)c1. The zero-order chi connectivity index (χ0) is 10.4. The Morgan fingerprint density at radius 1 is 1.43 bits per heavy atom. The summed E-state index contributed by atoms with van der Waals surface area (Å²) in [5, 5.41) is 9.65. The Bertz CT molecular complexity index is 323. The van der Waals surface area contributed by atoms with Gasteiger partial charge >= 0.3 is 0 Å². The molecule has 1 N–H and O–H groups in total. The van der Waals surface area contributed by atoms with Crippen molar-refractivity contribution in [1.29, 1.82) is 0 Å². The summed E-state index contributed by atoms with van der Waals surface area (Å²) < 4.78 is 13.3. The number of aliphatic hydroxyl groups excluding tert-OH is 1. The molecule has 0 saturated carbocycles. The van der Waals surface area contributed by atoms with Crippen LogP contribution in [0.4, 0.5) is 4.39 Å². The summed E-state index contributed by atoms with van der Waals surface area (Å²) in [6.07, 6.45) is 4.53. The third kappa shape index (κ3) is 3.24. The number of aliphatic hydroxyl groups is 1. The maximum absolute atomic E-state index is 13.3. The van der Waals surface area contributed by atoms with E-state index in [1.165, 1.54) is 6.07 Å². The van der Waals surface area contributed by atoms with Crippen molar-refractivity contribution in [3.63, 3.8) is 0 Å². The highest BCUT2D eigenvalue weighted by Crippen LogP contribution is 2.12. The molecule has 0 heterocycles. The van der Waals surface area contributed by atoms with Crippen LogP contribution >= 0.6 is 15.9 Å². The molecule has 0 aliphatic carbocycles. The second-order valence-corrected chi connectivity index (χ2v) is 3.69. The zero-order valence-electron chi connectivity index (χ0n) is 7.71. The van der Waals surface area contributed by atoms with Crippen molar-refractivity contribution in [2.24, 2.45) is 0 Å². The molecule has 76 valence electrons. The minimum atomic E-state index is -0.289. The summed E-state index contributed by atoms with van der Waals surface area (Å²) in [4.78, 5) is 0. The molecule has 0 aromatic heterocycles. The van der Waals surface area contributed by atoms with Gasteiger partial charge in [-0.05, 0) is 18.1 Å². The van der Waals surface area contributed by atoms with Crippen LogP contribution < -0.4 is 0 Å². The molecule has 0 atom stereocenters. The van der Waals surface area contributed by atoms with E-state index in [1.54, 1.807) is 18.2 Å². The summed E-state index contributed by atoms with van der Waals surface area (Å²) in [7, 11) is 0. The Hall–Kier alpha value is -0.670. The molecule has 0 amide bonds. The van der Waals surface area contributed by atoms with Crippen LogP contribution in [0.25, 0.3) is 6.08 Å². The van der Waals surface area contributed by atoms with Crippen LogP contribution in [-0.4, -0.2) is 10.4 Å². The Morgan fingerprint density at radius 2 is 2.21 bits per heavy atom. The largest absolute Gasteiger partial charge is 0.392 e. The van der Waals surface area contributed by atoms with E-state index in [0.717, 1.165) is 11.8 Å². The van der Waals surface area contributed by atoms with Crippen LogP contribution in [0, 0.1) is 5.82 Å². The standard InChI is InChI=1S/C11H12BrFO/c12-6-2-1-3-10-5-4-9(8-14)7-11(10)13/h1,3-5,7,14H,2,6,8H2. The Labute approximate surface area is 91.4 Å². The number of alkyl halides is 1. The van der Waals surface area contributed by atoms with Crippen LogP contribution in [0.3, 0.4) is 0 Å². The molecule has 0 aliphatic heterocycles. The number of rotatable bonds is 4. The van der Waals surface area contributed by atoms with Gasteiger partial charge in [-0.15, -0.1) is 0 Å². The van der Waals surface area contributed by atoms with Gasteiger partial charge in [-0.1, -0.05) is 40.2 Å². The Morgan fingerprint density at radius 3 is 2.79 bits per heavy atom. The maximum Gasteiger partial charge on any atom is 0.130 e. The van der Waals surface area contributed by atoms with Crippen LogP contribution in [0.15, 0.2) is 24.3 Å². The van der Waals surface area contributed by atoms with Crippen molar-refractivity contribution in [2.75, 3.05) is 5.33 Å². The lowest BCUT2D eigenvalue weighted by atomic mass is 10.1. The van der Waals surface area contributed by atoms with E-state index in [1.807, 2.05) is 6.08 Å². The van der Waals surface area contributed by atoms with Crippen molar-refractivity contribution in [3.8, 4) is 0 Å². The summed E-state index contributed by atoms with van der Waals surface area (Å²) in [5.41, 5.74) is 1.16. The van der Waals surface area contributed by atoms with E-state index in [4.69, 9.17) is 5.11 Å². The maximum atomic E-state index is 13.3. The first-order valence-corrected chi connectivity index (χ1v) is 5.52. The molecule has 1 rings (SSSR count). The third-order valence-corrected chi connectivity index (χ3v) is 2.28. The monoisotopic (exact) mass is 258 g/mol. The highest BCUT2D eigenvalue weighted by Gasteiger charge is 1.99. The lowest BCUT2D eigenvalue weighted by molar-refractivity contribution is 0.281. The highest BCUT2D eigenvalue weighted by molar-refractivity contribution is 9.09. The predicted octanol–water partition coefficient (Wildman–Crippen LogP) is 3.12. The number of hydrogen-bond acceptors (Lipinski definition) is 1. The number of allylic oxidation sites excluding steroid dienone is 1. The topological polar surface area (TPSA) is 20.2 Å². The van der Waals surface area contributed by atoms with Crippen LogP contribution in [0.5, 0.6) is 0 Å². The molecule has 0 aliphatic rings. The third-order valence-electron chi connectivity index (χ3n) is 1.82. The molecule has 1 aromatic rings. The fraction of sp³-hybridized carbons (Fsp3) is 0.273. The molecule has 0 spiro atoms. The molecule has 1 nitrogen and oxygen atoms in total. The first-order valence-electron chi connectivity index (χ1n) is 4.39. The summed E-state index contributed by atoms with van der Waals surface area (Å²) >= 11 is 3.29. The van der Waals surface area contributed by atoms with Gasteiger partial charge in [0.25, 0.3) is 0 Å². The van der Waals surface area contributed by atoms with Crippen molar-refractivity contribution in [1.82, 2.24) is 0 Å². The molecule has 0 unspecified atom stereocenters. The molecule has 0 fully saturated rings. The van der Waals surface area contributed by atoms with E-state index in [-0.39, 0.29) is 12.4 Å². The van der Waals surface area contributed by atoms with Gasteiger partial charge in [-0.3, -0.25) is 0 Å². The molecular weight excluding hydrogens is 247 g/mol. The van der Waals surface area contributed by atoms with Crippen LogP contribution in [0.2, 0.25) is 0 Å². The second kappa shape index (κ2) is 5.94. The van der Waals surface area contributed by atoms with Crippen molar-refractivity contribution < 1.29 is 9.50 Å². The minimum Gasteiger partial charge on any atom is -0.392 e. The summed E-state index contributed by atoms with van der Waals surface area (Å²) in [6, 6.07) is 4.75. The van der Waals surface area contributed by atoms with Gasteiger partial charge in [0.2, 0.25) is 0 Å². The first kappa shape index (κ1) is 11.4. The second-order valence-electron chi connectivity index (χ2n) is 2.89. The van der Waals surface area contributed by atoms with E-state index in [0.29, 0.717) is 11.1 Å². The lowest BCUT2D eigenvalue weighted by Gasteiger charge is -1.99. The van der Waals surface area contributed by atoms with Gasteiger partial charge in [0, 0.05) is 10.9 Å². The Balaban J connectivity index is 2.78. The Kier molecular flexibility index (Phi) is 4.84. The number of hydrogen-bond donors (Lipinski definition) is 1. The molecule has 3 heteroatoms. The van der Waals surface area contributed by atoms with Crippen molar-refractivity contribution in [2.45, 2.75) is 13.0 Å². The van der Waals surface area contributed by atoms with E-state index in [2.05, 4.69) is 15.9 Å². The molecular formula is C11H12BrFO. The molecule has 1 aromatic carbocycles. The fourth-order valence-corrected chi connectivity index (χ4v) is 1.34. The molecule has 0 bridgehead atoms. The van der Waals surface area contributed by atoms with E-state index < -0.39 is 0 Å². The van der Waals surface area contributed by atoms with E-state index >= 15 is 0 Å². The van der Waals surface area contributed by atoms with Gasteiger partial charge in [0.1, 0.15) is 5.82 Å². The normalized spacial score (nSPS) is 11.1. The van der Waals surface area contributed by atoms with Crippen LogP contribution in [0.1, 0.15) is 17.5 Å². The first-order chi connectivity index (χ1) is 6.77. The average Bonchev–Trinajstić information content (AvgIpc) is 2.20. The summed E-state index contributed by atoms with van der Waals surface area (Å²) in [5.74, 6) is -0.289. The number of benzene rings is 1. The minimum absolute atomic E-state index is 0.123. The van der Waals surface area contributed by atoms with Gasteiger partial charge in [0.15, 0.2) is 0 Å². The smallest absolute Gasteiger partial charge is 0.130 e. The van der Waals surface area contributed by atoms with Gasteiger partial charge < -0.3 is 5.11 Å². The fourth-order valence-electron chi connectivity index (χ4n) is 1.08. The highest BCUT2D eigenvalue weighted by atomic mass is 79.9. The van der Waals surface area contributed by atoms with Gasteiger partial charge in [-0.2, -0.15) is 0 Å². The molecule has 14 heavy (non-hydrogen) atoms. The average molecular weight is 259 g/mol. The quantitative estimate of drug-likeness (QED) is 0.823. The summed E-state index contributed by atoms with van der Waals surface area (Å²) in [6.45, 7) is -0.123. The molecule has 0 saturated heterocycles. The molecule has 0 radical (unpaired) electrons. The van der Waals surface area contributed by atoms with Gasteiger partial charge in [-0.25, -0.2) is 4.39 Å². The predicted molar refractivity (Wildman–Crippen MR) is 59.8 cm³/mol. The van der Waals surface area contributed by atoms with Crippen molar-refractivity contribution in [3.05, 3.63) is 41.2 Å². The van der Waals surface area contributed by atoms with E-state index in [9.17, 15) is 4.39 Å². The van der Waals surface area contributed by atoms with Gasteiger partial charge in [0.05, 0.1) is 6.61 Å². The van der Waals surface area contributed by atoms with Crippen molar-refractivity contribution >= 4 is 22.0 Å². The number of halogens is 2.